The Labute approximate surface area is 185 Å². The summed E-state index contributed by atoms with van der Waals surface area (Å²) in [5, 5.41) is 1.34. The third-order valence-electron chi connectivity index (χ3n) is 5.12. The van der Waals surface area contributed by atoms with Gasteiger partial charge in [0.2, 0.25) is 5.88 Å². The zero-order valence-corrected chi connectivity index (χ0v) is 18.6. The van der Waals surface area contributed by atoms with Gasteiger partial charge in [-0.15, -0.1) is 0 Å². The van der Waals surface area contributed by atoms with Gasteiger partial charge in [0.1, 0.15) is 0 Å². The highest BCUT2D eigenvalue weighted by Gasteiger charge is 2.29. The fraction of sp³-hybridized carbons (Fsp3) is 0.125. The molecule has 0 fully saturated rings. The molecule has 1 heterocycles. The highest BCUT2D eigenvalue weighted by atomic mass is 35.5. The molecule has 0 saturated carbocycles. The molecule has 1 aromatic heterocycles. The summed E-state index contributed by atoms with van der Waals surface area (Å²) >= 11 is 6.14. The number of halogens is 1. The Kier molecular flexibility index (Phi) is 5.60. The Bertz CT molecular complexity index is 1410. The first-order chi connectivity index (χ1) is 14.8. The topological polar surface area (TPSA) is 67.6 Å². The van der Waals surface area contributed by atoms with Gasteiger partial charge in [0.05, 0.1) is 16.8 Å². The average molecular weight is 454 g/mol. The van der Waals surface area contributed by atoms with Crippen molar-refractivity contribution in [3.8, 4) is 0 Å². The lowest BCUT2D eigenvalue weighted by atomic mass is 10.1. The third-order valence-corrected chi connectivity index (χ3v) is 7.10. The maximum atomic E-state index is 13.7. The van der Waals surface area contributed by atoms with Crippen LogP contribution in [0.25, 0.3) is 10.8 Å². The number of fused-ring (bicyclic) bond motifs is 1. The zero-order valence-electron chi connectivity index (χ0n) is 17.0. The number of rotatable bonds is 5. The predicted octanol–water partition coefficient (Wildman–Crippen LogP) is 5.46. The van der Waals surface area contributed by atoms with Crippen molar-refractivity contribution in [2.24, 2.45) is 0 Å². The smallest absolute Gasteiger partial charge is 0.345 e. The van der Waals surface area contributed by atoms with Crippen molar-refractivity contribution in [3.63, 3.8) is 0 Å². The molecule has 0 aliphatic heterocycles. The molecule has 0 amide bonds. The van der Waals surface area contributed by atoms with Crippen LogP contribution in [-0.2, 0) is 16.6 Å². The zero-order chi connectivity index (χ0) is 22.2. The van der Waals surface area contributed by atoms with E-state index >= 15 is 0 Å². The Morgan fingerprint density at radius 1 is 0.903 bits per heavy atom. The summed E-state index contributed by atoms with van der Waals surface area (Å²) in [7, 11) is -4.02. The second kappa shape index (κ2) is 8.21. The number of hydrogen-bond donors (Lipinski definition) is 0. The predicted molar refractivity (Wildman–Crippen MR) is 123 cm³/mol. The molecule has 4 rings (SSSR count). The molecular formula is C24H20ClNO4S. The number of benzene rings is 3. The second-order valence-electron chi connectivity index (χ2n) is 7.32. The molecule has 4 aromatic rings. The van der Waals surface area contributed by atoms with Crippen molar-refractivity contribution in [2.75, 3.05) is 4.31 Å². The van der Waals surface area contributed by atoms with Gasteiger partial charge in [-0.2, -0.15) is 0 Å². The molecule has 5 nitrogen and oxygen atoms in total. The fourth-order valence-electron chi connectivity index (χ4n) is 3.43. The molecule has 0 aliphatic rings. The Morgan fingerprint density at radius 3 is 2.26 bits per heavy atom. The normalized spacial score (nSPS) is 11.6. The van der Waals surface area contributed by atoms with Crippen LogP contribution in [0.15, 0.2) is 86.9 Å². The van der Waals surface area contributed by atoms with Crippen LogP contribution in [0.5, 0.6) is 0 Å². The van der Waals surface area contributed by atoms with Crippen LogP contribution in [0, 0.1) is 13.8 Å². The van der Waals surface area contributed by atoms with Crippen molar-refractivity contribution in [3.05, 3.63) is 105 Å². The first-order valence-electron chi connectivity index (χ1n) is 9.63. The SMILES string of the molecule is Cc1ccc(S(=O)(=O)N(Cc2ccccc2)c2oc(=O)c3ccc(Cl)cc3c2C)cc1. The summed E-state index contributed by atoms with van der Waals surface area (Å²) in [6, 6.07) is 20.5. The van der Waals surface area contributed by atoms with Gasteiger partial charge in [0.15, 0.2) is 0 Å². The molecule has 3 aromatic carbocycles. The second-order valence-corrected chi connectivity index (χ2v) is 9.62. The van der Waals surface area contributed by atoms with Crippen molar-refractivity contribution in [1.82, 2.24) is 0 Å². The van der Waals surface area contributed by atoms with Gasteiger partial charge < -0.3 is 4.42 Å². The standard InChI is InChI=1S/C24H20ClNO4S/c1-16-8-11-20(12-9-16)31(28,29)26(15-18-6-4-3-5-7-18)23-17(2)22-14-19(25)10-13-21(22)24(27)30-23/h3-14H,15H2,1-2H3. The van der Waals surface area contributed by atoms with E-state index in [9.17, 15) is 13.2 Å². The van der Waals surface area contributed by atoms with E-state index in [1.807, 2.05) is 37.3 Å². The Morgan fingerprint density at radius 2 is 1.58 bits per heavy atom. The van der Waals surface area contributed by atoms with Gasteiger partial charge in [0.25, 0.3) is 10.0 Å². The van der Waals surface area contributed by atoms with E-state index in [0.717, 1.165) is 15.4 Å². The van der Waals surface area contributed by atoms with E-state index in [1.54, 1.807) is 49.4 Å². The molecule has 31 heavy (non-hydrogen) atoms. The van der Waals surface area contributed by atoms with Gasteiger partial charge in [-0.3, -0.25) is 0 Å². The lowest BCUT2D eigenvalue weighted by Crippen LogP contribution is -2.32. The maximum Gasteiger partial charge on any atom is 0.345 e. The van der Waals surface area contributed by atoms with Crippen LogP contribution in [0.3, 0.4) is 0 Å². The molecule has 0 unspecified atom stereocenters. The number of anilines is 1. The van der Waals surface area contributed by atoms with E-state index in [2.05, 4.69) is 0 Å². The van der Waals surface area contributed by atoms with Crippen LogP contribution in [-0.4, -0.2) is 8.42 Å². The minimum atomic E-state index is -4.02. The first-order valence-corrected chi connectivity index (χ1v) is 11.5. The van der Waals surface area contributed by atoms with Crippen LogP contribution >= 0.6 is 11.6 Å². The summed E-state index contributed by atoms with van der Waals surface area (Å²) in [5.41, 5.74) is 1.59. The van der Waals surface area contributed by atoms with Gasteiger partial charge in [-0.25, -0.2) is 17.5 Å². The van der Waals surface area contributed by atoms with Gasteiger partial charge in [-0.1, -0.05) is 59.6 Å². The Hall–Kier alpha value is -3.09. The summed E-state index contributed by atoms with van der Waals surface area (Å²) < 4.78 is 34.0. The molecule has 0 radical (unpaired) electrons. The molecule has 0 atom stereocenters. The molecule has 0 N–H and O–H groups in total. The number of sulfonamides is 1. The first kappa shape index (κ1) is 21.2. The van der Waals surface area contributed by atoms with Crippen LogP contribution in [0.1, 0.15) is 16.7 Å². The summed E-state index contributed by atoms with van der Waals surface area (Å²) in [5.74, 6) is -0.0239. The Balaban J connectivity index is 1.96. The number of nitrogens with zero attached hydrogens (tertiary/aromatic N) is 1. The lowest BCUT2D eigenvalue weighted by molar-refractivity contribution is 0.511. The average Bonchev–Trinajstić information content (AvgIpc) is 2.75. The number of aryl methyl sites for hydroxylation is 2. The van der Waals surface area contributed by atoms with Crippen molar-refractivity contribution in [2.45, 2.75) is 25.3 Å². The molecular weight excluding hydrogens is 434 g/mol. The van der Waals surface area contributed by atoms with E-state index in [-0.39, 0.29) is 17.3 Å². The molecule has 0 aliphatic carbocycles. The third kappa shape index (κ3) is 4.09. The van der Waals surface area contributed by atoms with Crippen LogP contribution < -0.4 is 9.93 Å². The minimum absolute atomic E-state index is 0.00685. The summed E-state index contributed by atoms with van der Waals surface area (Å²) in [4.78, 5) is 12.8. The molecule has 7 heteroatoms. The van der Waals surface area contributed by atoms with Gasteiger partial charge >= 0.3 is 5.63 Å². The van der Waals surface area contributed by atoms with Gasteiger partial charge in [-0.05, 0) is 55.1 Å². The van der Waals surface area contributed by atoms with Crippen molar-refractivity contribution >= 4 is 38.3 Å². The van der Waals surface area contributed by atoms with E-state index in [0.29, 0.717) is 21.4 Å². The largest absolute Gasteiger partial charge is 0.405 e. The van der Waals surface area contributed by atoms with E-state index in [1.165, 1.54) is 0 Å². The highest BCUT2D eigenvalue weighted by Crippen LogP contribution is 2.32. The fourth-order valence-corrected chi connectivity index (χ4v) is 5.05. The number of hydrogen-bond acceptors (Lipinski definition) is 4. The van der Waals surface area contributed by atoms with Crippen LogP contribution in [0.4, 0.5) is 5.88 Å². The minimum Gasteiger partial charge on any atom is -0.405 e. The molecule has 158 valence electrons. The molecule has 0 saturated heterocycles. The van der Waals surface area contributed by atoms with Crippen molar-refractivity contribution in [1.29, 1.82) is 0 Å². The molecule has 0 bridgehead atoms. The van der Waals surface area contributed by atoms with Gasteiger partial charge in [0, 0.05) is 10.6 Å². The van der Waals surface area contributed by atoms with Crippen molar-refractivity contribution < 1.29 is 12.8 Å². The van der Waals surface area contributed by atoms with Crippen LogP contribution in [0.2, 0.25) is 5.02 Å². The maximum absolute atomic E-state index is 13.7. The lowest BCUT2D eigenvalue weighted by Gasteiger charge is -2.25. The monoisotopic (exact) mass is 453 g/mol. The van der Waals surface area contributed by atoms with E-state index in [4.69, 9.17) is 16.0 Å². The summed E-state index contributed by atoms with van der Waals surface area (Å²) in [6.07, 6.45) is 0. The van der Waals surface area contributed by atoms with E-state index < -0.39 is 15.6 Å². The quantitative estimate of drug-likeness (QED) is 0.402. The highest BCUT2D eigenvalue weighted by molar-refractivity contribution is 7.92. The summed E-state index contributed by atoms with van der Waals surface area (Å²) in [6.45, 7) is 3.61. The molecule has 0 spiro atoms.